The quantitative estimate of drug-likeness (QED) is 0.352. The highest BCUT2D eigenvalue weighted by Gasteiger charge is 2.52. The smallest absolute Gasteiger partial charge is 0.323 e. The Hall–Kier alpha value is -3.84. The van der Waals surface area contributed by atoms with E-state index in [1.54, 1.807) is 23.1 Å². The van der Waals surface area contributed by atoms with E-state index in [0.29, 0.717) is 37.6 Å². The number of nitrogens with zero attached hydrogens (tertiary/aromatic N) is 2. The van der Waals surface area contributed by atoms with Crippen LogP contribution in [-0.4, -0.2) is 81.5 Å². The summed E-state index contributed by atoms with van der Waals surface area (Å²) < 4.78 is 58.8. The van der Waals surface area contributed by atoms with Crippen molar-refractivity contribution in [3.05, 3.63) is 95.8 Å². The summed E-state index contributed by atoms with van der Waals surface area (Å²) in [6, 6.07) is 20.0. The lowest BCUT2D eigenvalue weighted by atomic mass is 9.87. The molecule has 2 fully saturated rings. The first-order chi connectivity index (χ1) is 20.2. The topological polar surface area (TPSA) is 128 Å². The van der Waals surface area contributed by atoms with Crippen LogP contribution in [0.3, 0.4) is 0 Å². The maximum atomic E-state index is 13.8. The largest absolute Gasteiger partial charge is 0.480 e. The Bertz CT molecular complexity index is 1520. The van der Waals surface area contributed by atoms with Crippen LogP contribution in [0.1, 0.15) is 11.1 Å². The Morgan fingerprint density at radius 1 is 0.976 bits per heavy atom. The van der Waals surface area contributed by atoms with E-state index in [4.69, 9.17) is 19.9 Å². The van der Waals surface area contributed by atoms with Crippen molar-refractivity contribution in [2.75, 3.05) is 46.0 Å². The highest BCUT2D eigenvalue weighted by molar-refractivity contribution is 7.89. The third-order valence-corrected chi connectivity index (χ3v) is 9.06. The fraction of sp³-hybridized carbons (Fsp3) is 0.333. The minimum absolute atomic E-state index is 0.0170. The Balaban J connectivity index is 1.24. The molecule has 42 heavy (non-hydrogen) atoms. The number of hydrogen-bond donors (Lipinski definition) is 1. The predicted molar refractivity (Wildman–Crippen MR) is 150 cm³/mol. The summed E-state index contributed by atoms with van der Waals surface area (Å²) >= 11 is 0. The van der Waals surface area contributed by atoms with Crippen LogP contribution in [0.25, 0.3) is 0 Å². The summed E-state index contributed by atoms with van der Waals surface area (Å²) in [4.78, 5) is 26.3. The standard InChI is InChI=1S/C30H32FN3O7S/c31-24-9-5-10-25(18-24)41-30(23-7-2-1-3-8-23)20-34(21-30)42(37,38)26-11-4-6-22(16-26)17-27(32)29(36)40-19-28(35)33-12-14-39-15-13-33/h1-11,16,18,27H,12-15,17,19-21,32H2/t27-/m0/s1. The minimum Gasteiger partial charge on any atom is -0.480 e. The van der Waals surface area contributed by atoms with Gasteiger partial charge in [0, 0.05) is 19.2 Å². The highest BCUT2D eigenvalue weighted by Crippen LogP contribution is 2.40. The van der Waals surface area contributed by atoms with Gasteiger partial charge >= 0.3 is 5.97 Å². The van der Waals surface area contributed by atoms with Gasteiger partial charge in [-0.3, -0.25) is 9.59 Å². The summed E-state index contributed by atoms with van der Waals surface area (Å²) in [6.45, 7) is 1.35. The lowest BCUT2D eigenvalue weighted by molar-refractivity contribution is -0.154. The van der Waals surface area contributed by atoms with Crippen LogP contribution in [-0.2, 0) is 41.1 Å². The van der Waals surface area contributed by atoms with Crippen molar-refractivity contribution >= 4 is 21.9 Å². The van der Waals surface area contributed by atoms with Gasteiger partial charge in [-0.15, -0.1) is 0 Å². The van der Waals surface area contributed by atoms with Crippen LogP contribution in [0.4, 0.5) is 4.39 Å². The van der Waals surface area contributed by atoms with Crippen LogP contribution in [0.15, 0.2) is 83.8 Å². The molecule has 222 valence electrons. The fourth-order valence-electron chi connectivity index (χ4n) is 4.96. The Kier molecular flexibility index (Phi) is 8.88. The second-order valence-electron chi connectivity index (χ2n) is 10.3. The molecule has 2 aliphatic rings. The summed E-state index contributed by atoms with van der Waals surface area (Å²) in [5, 5.41) is 0. The maximum absolute atomic E-state index is 13.8. The zero-order valence-corrected chi connectivity index (χ0v) is 23.7. The summed E-state index contributed by atoms with van der Waals surface area (Å²) in [6.07, 6.45) is 0.0184. The molecule has 0 aliphatic carbocycles. The van der Waals surface area contributed by atoms with Crippen molar-refractivity contribution in [2.24, 2.45) is 5.73 Å². The summed E-state index contributed by atoms with van der Waals surface area (Å²) in [5.74, 6) is -1.24. The van der Waals surface area contributed by atoms with Gasteiger partial charge in [0.15, 0.2) is 12.2 Å². The van der Waals surface area contributed by atoms with E-state index in [-0.39, 0.29) is 30.3 Å². The monoisotopic (exact) mass is 597 g/mol. The molecule has 0 bridgehead atoms. The molecule has 3 aromatic carbocycles. The third kappa shape index (κ3) is 6.62. The second-order valence-corrected chi connectivity index (χ2v) is 12.2. The number of rotatable bonds is 10. The molecule has 3 aromatic rings. The number of esters is 1. The van der Waals surface area contributed by atoms with E-state index in [9.17, 15) is 22.4 Å². The molecule has 0 radical (unpaired) electrons. The lowest BCUT2D eigenvalue weighted by Gasteiger charge is -2.48. The van der Waals surface area contributed by atoms with Gasteiger partial charge < -0.3 is 24.8 Å². The van der Waals surface area contributed by atoms with Crippen LogP contribution >= 0.6 is 0 Å². The predicted octanol–water partition coefficient (Wildman–Crippen LogP) is 2.08. The Labute approximate surface area is 243 Å². The number of sulfonamides is 1. The van der Waals surface area contributed by atoms with Crippen molar-refractivity contribution in [1.82, 2.24) is 9.21 Å². The van der Waals surface area contributed by atoms with E-state index in [0.717, 1.165) is 5.56 Å². The van der Waals surface area contributed by atoms with Crippen LogP contribution in [0, 0.1) is 5.82 Å². The molecule has 5 rings (SSSR count). The first kappa shape index (κ1) is 29.6. The number of carbonyl (C=O) groups excluding carboxylic acids is 2. The molecule has 0 aromatic heterocycles. The van der Waals surface area contributed by atoms with E-state index in [2.05, 4.69) is 0 Å². The molecule has 0 spiro atoms. The van der Waals surface area contributed by atoms with Gasteiger partial charge in [0.25, 0.3) is 5.91 Å². The molecule has 10 nitrogen and oxygen atoms in total. The number of ether oxygens (including phenoxy) is 3. The Morgan fingerprint density at radius 2 is 1.69 bits per heavy atom. The van der Waals surface area contributed by atoms with Gasteiger partial charge in [0.1, 0.15) is 17.6 Å². The average Bonchev–Trinajstić information content (AvgIpc) is 2.98. The fourth-order valence-corrected chi connectivity index (χ4v) is 6.57. The highest BCUT2D eigenvalue weighted by atomic mass is 32.2. The van der Waals surface area contributed by atoms with Crippen molar-refractivity contribution in [3.8, 4) is 5.75 Å². The average molecular weight is 598 g/mol. The van der Waals surface area contributed by atoms with E-state index in [1.807, 2.05) is 30.3 Å². The number of carbonyl (C=O) groups is 2. The van der Waals surface area contributed by atoms with Gasteiger partial charge in [-0.05, 0) is 41.8 Å². The van der Waals surface area contributed by atoms with Gasteiger partial charge in [-0.1, -0.05) is 48.5 Å². The van der Waals surface area contributed by atoms with Crippen LogP contribution in [0.5, 0.6) is 5.75 Å². The maximum Gasteiger partial charge on any atom is 0.323 e. The number of hydrogen-bond acceptors (Lipinski definition) is 8. The lowest BCUT2D eigenvalue weighted by Crippen LogP contribution is -2.64. The Morgan fingerprint density at radius 3 is 2.40 bits per heavy atom. The van der Waals surface area contributed by atoms with Gasteiger partial charge in [0.05, 0.1) is 31.2 Å². The van der Waals surface area contributed by atoms with Crippen molar-refractivity contribution in [1.29, 1.82) is 0 Å². The van der Waals surface area contributed by atoms with Gasteiger partial charge in [-0.2, -0.15) is 4.31 Å². The second kappa shape index (κ2) is 12.6. The number of nitrogens with two attached hydrogens (primary N) is 1. The molecule has 1 atom stereocenters. The van der Waals surface area contributed by atoms with Crippen LogP contribution < -0.4 is 10.5 Å². The molecule has 2 aliphatic heterocycles. The number of halogens is 1. The summed E-state index contributed by atoms with van der Waals surface area (Å²) in [7, 11) is -3.93. The summed E-state index contributed by atoms with van der Waals surface area (Å²) in [5.41, 5.74) is 6.32. The molecule has 1 amide bonds. The van der Waals surface area contributed by atoms with Crippen LogP contribution in [0.2, 0.25) is 0 Å². The zero-order valence-electron chi connectivity index (χ0n) is 22.9. The zero-order chi connectivity index (χ0) is 29.7. The number of amides is 1. The first-order valence-corrected chi connectivity index (χ1v) is 15.0. The van der Waals surface area contributed by atoms with E-state index in [1.165, 1.54) is 34.6 Å². The van der Waals surface area contributed by atoms with Crippen molar-refractivity contribution < 1.29 is 36.6 Å². The molecule has 12 heteroatoms. The number of benzene rings is 3. The normalized spacial score (nSPS) is 17.6. The van der Waals surface area contributed by atoms with Gasteiger partial charge in [-0.25, -0.2) is 12.8 Å². The first-order valence-electron chi connectivity index (χ1n) is 13.5. The van der Waals surface area contributed by atoms with Gasteiger partial charge in [0.2, 0.25) is 10.0 Å². The molecule has 2 N–H and O–H groups in total. The minimum atomic E-state index is -3.93. The number of morpholine rings is 1. The molecule has 0 unspecified atom stereocenters. The van der Waals surface area contributed by atoms with E-state index < -0.39 is 40.1 Å². The molecule has 2 heterocycles. The molecular formula is C30H32FN3O7S. The molecule has 0 saturated carbocycles. The molecular weight excluding hydrogens is 565 g/mol. The third-order valence-electron chi connectivity index (χ3n) is 7.27. The van der Waals surface area contributed by atoms with Crippen molar-refractivity contribution in [3.63, 3.8) is 0 Å². The SMILES string of the molecule is N[C@@H](Cc1cccc(S(=O)(=O)N2CC(Oc3cccc(F)c3)(c3ccccc3)C2)c1)C(=O)OCC(=O)N1CCOCC1. The van der Waals surface area contributed by atoms with E-state index >= 15 is 0 Å². The van der Waals surface area contributed by atoms with Crippen molar-refractivity contribution in [2.45, 2.75) is 23.0 Å². The molecule has 2 saturated heterocycles.